The number of carbonyl (C=O) groups excluding carboxylic acids is 1. The molecule has 4 rings (SSSR count). The van der Waals surface area contributed by atoms with Crippen molar-refractivity contribution in [2.75, 3.05) is 31.6 Å². The molecule has 10 nitrogen and oxygen atoms in total. The molecule has 1 aliphatic rings. The monoisotopic (exact) mass is 410 g/mol. The minimum Gasteiger partial charge on any atom is -0.378 e. The molecule has 0 spiro atoms. The lowest BCUT2D eigenvalue weighted by atomic mass is 10.2. The number of aryl methyl sites for hydroxylation is 2. The number of aromatic nitrogens is 6. The van der Waals surface area contributed by atoms with Gasteiger partial charge in [-0.3, -0.25) is 4.79 Å². The zero-order valence-corrected chi connectivity index (χ0v) is 17.5. The molecule has 0 bridgehead atoms. The molecule has 0 radical (unpaired) electrons. The Bertz CT molecular complexity index is 1030. The van der Waals surface area contributed by atoms with Crippen molar-refractivity contribution < 1.29 is 9.53 Å². The van der Waals surface area contributed by atoms with Gasteiger partial charge < -0.3 is 19.5 Å². The number of fused-ring (bicyclic) bond motifs is 1. The number of nitrogens with zero attached hydrogens (tertiary/aromatic N) is 7. The Morgan fingerprint density at radius 2 is 1.90 bits per heavy atom. The second-order valence-electron chi connectivity index (χ2n) is 7.14. The summed E-state index contributed by atoms with van der Waals surface area (Å²) in [6, 6.07) is -0.390. The maximum atomic E-state index is 13.0. The lowest BCUT2D eigenvalue weighted by molar-refractivity contribution is -0.136. The third-order valence-corrected chi connectivity index (χ3v) is 5.23. The van der Waals surface area contributed by atoms with Crippen LogP contribution in [0.4, 0.5) is 5.82 Å². The van der Waals surface area contributed by atoms with Crippen molar-refractivity contribution >= 4 is 22.9 Å². The van der Waals surface area contributed by atoms with Gasteiger partial charge in [0, 0.05) is 32.0 Å². The Balaban J connectivity index is 1.69. The number of rotatable bonds is 6. The van der Waals surface area contributed by atoms with E-state index < -0.39 is 0 Å². The molecular weight excluding hydrogens is 384 g/mol. The number of hydrogen-bond acceptors (Lipinski definition) is 8. The number of hydrogen-bond donors (Lipinski definition) is 1. The quantitative estimate of drug-likeness (QED) is 0.653. The largest absolute Gasteiger partial charge is 0.378 e. The van der Waals surface area contributed by atoms with Crippen LogP contribution in [-0.4, -0.2) is 72.6 Å². The van der Waals surface area contributed by atoms with Crippen molar-refractivity contribution in [3.05, 3.63) is 24.5 Å². The molecular formula is C20H26N8O2. The molecule has 1 amide bonds. The van der Waals surface area contributed by atoms with Crippen molar-refractivity contribution in [1.82, 2.24) is 34.4 Å². The minimum atomic E-state index is -0.390. The van der Waals surface area contributed by atoms with Crippen molar-refractivity contribution in [3.8, 4) is 11.4 Å². The highest BCUT2D eigenvalue weighted by Gasteiger charge is 2.26. The Labute approximate surface area is 174 Å². The van der Waals surface area contributed by atoms with E-state index in [-0.39, 0.29) is 11.9 Å². The van der Waals surface area contributed by atoms with Gasteiger partial charge in [0.05, 0.1) is 18.8 Å². The molecule has 1 aliphatic heterocycles. The van der Waals surface area contributed by atoms with Crippen LogP contribution in [0.1, 0.15) is 26.1 Å². The average Bonchev–Trinajstić information content (AvgIpc) is 3.17. The summed E-state index contributed by atoms with van der Waals surface area (Å²) in [6.07, 6.45) is 5.65. The number of carbonyl (C=O) groups is 1. The highest BCUT2D eigenvalue weighted by atomic mass is 16.5. The molecule has 10 heteroatoms. The summed E-state index contributed by atoms with van der Waals surface area (Å²) in [7, 11) is 0. The first-order chi connectivity index (χ1) is 14.6. The van der Waals surface area contributed by atoms with E-state index in [1.54, 1.807) is 12.4 Å². The van der Waals surface area contributed by atoms with Crippen LogP contribution in [0.3, 0.4) is 0 Å². The fraction of sp³-hybridized carbons (Fsp3) is 0.500. The molecule has 0 aliphatic carbocycles. The van der Waals surface area contributed by atoms with Gasteiger partial charge in [0.15, 0.2) is 17.0 Å². The van der Waals surface area contributed by atoms with E-state index in [2.05, 4.69) is 25.3 Å². The van der Waals surface area contributed by atoms with E-state index in [9.17, 15) is 4.79 Å². The van der Waals surface area contributed by atoms with Gasteiger partial charge in [0.2, 0.25) is 5.91 Å². The normalized spacial score (nSPS) is 15.4. The second kappa shape index (κ2) is 8.70. The molecule has 3 aromatic rings. The van der Waals surface area contributed by atoms with Gasteiger partial charge in [-0.15, -0.1) is 0 Å². The molecule has 0 aromatic carbocycles. The van der Waals surface area contributed by atoms with Crippen LogP contribution in [0.5, 0.6) is 0 Å². The fourth-order valence-electron chi connectivity index (χ4n) is 3.58. The third-order valence-electron chi connectivity index (χ3n) is 5.23. The van der Waals surface area contributed by atoms with Crippen LogP contribution in [0.2, 0.25) is 0 Å². The number of ether oxygens (including phenoxy) is 1. The summed E-state index contributed by atoms with van der Waals surface area (Å²) in [5.41, 5.74) is 2.14. The van der Waals surface area contributed by atoms with Crippen molar-refractivity contribution in [2.24, 2.45) is 0 Å². The van der Waals surface area contributed by atoms with Crippen LogP contribution in [0.15, 0.2) is 18.7 Å². The van der Waals surface area contributed by atoms with Gasteiger partial charge in [-0.1, -0.05) is 6.92 Å². The van der Waals surface area contributed by atoms with Crippen LogP contribution in [-0.2, 0) is 16.1 Å². The molecule has 30 heavy (non-hydrogen) atoms. The first-order valence-corrected chi connectivity index (χ1v) is 10.3. The zero-order chi connectivity index (χ0) is 21.1. The van der Waals surface area contributed by atoms with Gasteiger partial charge >= 0.3 is 0 Å². The average molecular weight is 410 g/mol. The van der Waals surface area contributed by atoms with E-state index in [0.29, 0.717) is 62.1 Å². The standard InChI is InChI=1S/C20H26N8O2/c1-4-15(20(29)27-6-8-30-9-7-27)25-17-16-19(24-12-23-17)28(5-2)18(26-16)14-10-21-13(3)22-11-14/h10-12,15H,4-9H2,1-3H3,(H,23,24,25). The molecule has 1 unspecified atom stereocenters. The molecule has 1 atom stereocenters. The molecule has 1 saturated heterocycles. The number of morpholine rings is 1. The lowest BCUT2D eigenvalue weighted by Gasteiger charge is -2.30. The van der Waals surface area contributed by atoms with Crippen LogP contribution >= 0.6 is 0 Å². The van der Waals surface area contributed by atoms with Crippen LogP contribution in [0, 0.1) is 6.92 Å². The molecule has 4 heterocycles. The Morgan fingerprint density at radius 3 is 2.57 bits per heavy atom. The number of imidazole rings is 1. The topological polar surface area (TPSA) is 111 Å². The highest BCUT2D eigenvalue weighted by Crippen LogP contribution is 2.27. The van der Waals surface area contributed by atoms with Crippen molar-refractivity contribution in [3.63, 3.8) is 0 Å². The van der Waals surface area contributed by atoms with Gasteiger partial charge in [0.1, 0.15) is 24.0 Å². The molecule has 158 valence electrons. The summed E-state index contributed by atoms with van der Waals surface area (Å²) < 4.78 is 7.36. The Morgan fingerprint density at radius 1 is 1.17 bits per heavy atom. The third kappa shape index (κ3) is 3.82. The summed E-state index contributed by atoms with van der Waals surface area (Å²) in [5, 5.41) is 3.30. The lowest BCUT2D eigenvalue weighted by Crippen LogP contribution is -2.47. The van der Waals surface area contributed by atoms with E-state index in [4.69, 9.17) is 9.72 Å². The van der Waals surface area contributed by atoms with Gasteiger partial charge in [-0.05, 0) is 20.3 Å². The Hall–Kier alpha value is -3.14. The van der Waals surface area contributed by atoms with Crippen molar-refractivity contribution in [1.29, 1.82) is 0 Å². The molecule has 1 N–H and O–H groups in total. The van der Waals surface area contributed by atoms with Crippen LogP contribution < -0.4 is 5.32 Å². The molecule has 0 saturated carbocycles. The predicted molar refractivity (Wildman–Crippen MR) is 112 cm³/mol. The summed E-state index contributed by atoms with van der Waals surface area (Å²) in [5.74, 6) is 2.03. The molecule has 1 fully saturated rings. The number of nitrogens with one attached hydrogen (secondary N) is 1. The maximum Gasteiger partial charge on any atom is 0.245 e. The first-order valence-electron chi connectivity index (χ1n) is 10.3. The van der Waals surface area contributed by atoms with Gasteiger partial charge in [0.25, 0.3) is 0 Å². The van der Waals surface area contributed by atoms with E-state index in [1.165, 1.54) is 6.33 Å². The smallest absolute Gasteiger partial charge is 0.245 e. The van der Waals surface area contributed by atoms with Crippen LogP contribution in [0.25, 0.3) is 22.6 Å². The van der Waals surface area contributed by atoms with Gasteiger partial charge in [-0.25, -0.2) is 24.9 Å². The minimum absolute atomic E-state index is 0.0506. The number of amides is 1. The zero-order valence-electron chi connectivity index (χ0n) is 17.5. The van der Waals surface area contributed by atoms with E-state index >= 15 is 0 Å². The van der Waals surface area contributed by atoms with Crippen molar-refractivity contribution in [2.45, 2.75) is 39.8 Å². The molecule has 3 aromatic heterocycles. The summed E-state index contributed by atoms with van der Waals surface area (Å²) >= 11 is 0. The second-order valence-corrected chi connectivity index (χ2v) is 7.14. The SMILES string of the molecule is CCC(Nc1ncnc2c1nc(-c1cnc(C)nc1)n2CC)C(=O)N1CCOCC1. The maximum absolute atomic E-state index is 13.0. The first kappa shape index (κ1) is 20.1. The number of anilines is 1. The fourth-order valence-corrected chi connectivity index (χ4v) is 3.58. The van der Waals surface area contributed by atoms with Gasteiger partial charge in [-0.2, -0.15) is 0 Å². The Kier molecular flexibility index (Phi) is 5.84. The summed E-state index contributed by atoms with van der Waals surface area (Å²) in [6.45, 7) is 8.90. The predicted octanol–water partition coefficient (Wildman–Crippen LogP) is 1.66. The summed E-state index contributed by atoms with van der Waals surface area (Å²) in [4.78, 5) is 37.0. The van der Waals surface area contributed by atoms with E-state index in [1.807, 2.05) is 30.2 Å². The van der Waals surface area contributed by atoms with E-state index in [0.717, 1.165) is 11.4 Å². The highest BCUT2D eigenvalue weighted by molar-refractivity contribution is 5.90.